The molecule has 1 aromatic carbocycles. The van der Waals surface area contributed by atoms with Crippen molar-refractivity contribution in [2.45, 2.75) is 6.54 Å². The van der Waals surface area contributed by atoms with Crippen LogP contribution in [0.15, 0.2) is 24.4 Å². The van der Waals surface area contributed by atoms with Crippen LogP contribution in [0.3, 0.4) is 0 Å². The number of morpholine rings is 1. The van der Waals surface area contributed by atoms with Crippen LogP contribution in [0.5, 0.6) is 0 Å². The Bertz CT molecular complexity index is 648. The zero-order chi connectivity index (χ0) is 14.1. The molecule has 0 spiro atoms. The number of carbonyl (C=O) groups is 1. The first-order chi connectivity index (χ1) is 9.65. The Hall–Kier alpha value is -0.214. The molecule has 0 saturated carbocycles. The van der Waals surface area contributed by atoms with Crippen LogP contribution >= 0.6 is 0 Å². The molecule has 1 aliphatic heterocycles. The fraction of sp³-hybridized carbons (Fsp3) is 0.400. The van der Waals surface area contributed by atoms with Crippen molar-refractivity contribution in [1.29, 1.82) is 0 Å². The molecular weight excluding hydrogens is 295 g/mol. The fourth-order valence-corrected chi connectivity index (χ4v) is 2.73. The van der Waals surface area contributed by atoms with Crippen molar-refractivity contribution in [2.75, 3.05) is 26.3 Å². The molecule has 0 atom stereocenters. The van der Waals surface area contributed by atoms with E-state index in [2.05, 4.69) is 11.1 Å². The summed E-state index contributed by atoms with van der Waals surface area (Å²) in [5, 5.41) is 10.2. The Balaban J connectivity index is 0.00000161. The van der Waals surface area contributed by atoms with Crippen molar-refractivity contribution in [3.05, 3.63) is 35.5 Å². The maximum absolute atomic E-state index is 11.0. The van der Waals surface area contributed by atoms with E-state index in [9.17, 15) is 4.79 Å². The molecule has 0 aliphatic carbocycles. The minimum absolute atomic E-state index is 0. The normalized spacial score (nSPS) is 15.9. The standard InChI is InChI=1S/C15H18N2O3.K.H/c1-16-9-12(10-17-4-6-20-7-5-17)13-3-2-11(15(18)19)8-14(13)16;;/h2-3,8-9H,4-7,10H2,1H3,(H,18,19);;. The third-order valence-corrected chi connectivity index (χ3v) is 3.82. The summed E-state index contributed by atoms with van der Waals surface area (Å²) in [4.78, 5) is 13.4. The van der Waals surface area contributed by atoms with Crippen LogP contribution in [0.1, 0.15) is 15.9 Å². The molecular formula is C15H19KN2O3. The second-order valence-electron chi connectivity index (χ2n) is 5.19. The van der Waals surface area contributed by atoms with Crippen molar-refractivity contribution in [3.8, 4) is 0 Å². The van der Waals surface area contributed by atoms with E-state index in [0.717, 1.165) is 43.8 Å². The second kappa shape index (κ2) is 7.37. The van der Waals surface area contributed by atoms with Crippen LogP contribution < -0.4 is 0 Å². The number of aromatic carboxylic acids is 1. The molecule has 1 aromatic heterocycles. The van der Waals surface area contributed by atoms with Gasteiger partial charge in [-0.25, -0.2) is 4.79 Å². The minimum atomic E-state index is -0.886. The number of aromatic nitrogens is 1. The Morgan fingerprint density at radius 2 is 2.05 bits per heavy atom. The van der Waals surface area contributed by atoms with Crippen LogP contribution in [-0.2, 0) is 18.3 Å². The van der Waals surface area contributed by atoms with Crippen molar-refractivity contribution in [3.63, 3.8) is 0 Å². The predicted octanol–water partition coefficient (Wildman–Crippen LogP) is 1.06. The number of aryl methyl sites for hydroxylation is 1. The summed E-state index contributed by atoms with van der Waals surface area (Å²) in [6.07, 6.45) is 2.09. The van der Waals surface area contributed by atoms with Crippen LogP contribution in [-0.4, -0.2) is 98.2 Å². The van der Waals surface area contributed by atoms with Crippen LogP contribution in [0.2, 0.25) is 0 Å². The van der Waals surface area contributed by atoms with Gasteiger partial charge in [0.2, 0.25) is 0 Å². The second-order valence-corrected chi connectivity index (χ2v) is 5.19. The predicted molar refractivity (Wildman–Crippen MR) is 83.1 cm³/mol. The van der Waals surface area contributed by atoms with Crippen LogP contribution in [0, 0.1) is 0 Å². The molecule has 0 radical (unpaired) electrons. The van der Waals surface area contributed by atoms with E-state index in [-0.39, 0.29) is 51.4 Å². The van der Waals surface area contributed by atoms with Gasteiger partial charge in [-0.1, -0.05) is 6.07 Å². The van der Waals surface area contributed by atoms with Crippen molar-refractivity contribution in [2.24, 2.45) is 7.05 Å². The van der Waals surface area contributed by atoms with Gasteiger partial charge in [0.05, 0.1) is 18.8 Å². The number of ether oxygens (including phenoxy) is 1. The average molecular weight is 314 g/mol. The van der Waals surface area contributed by atoms with Gasteiger partial charge in [-0.2, -0.15) is 0 Å². The van der Waals surface area contributed by atoms with E-state index in [4.69, 9.17) is 9.84 Å². The zero-order valence-electron chi connectivity index (χ0n) is 11.5. The van der Waals surface area contributed by atoms with Crippen LogP contribution in [0.4, 0.5) is 0 Å². The molecule has 2 aromatic rings. The Morgan fingerprint density at radius 3 is 2.71 bits per heavy atom. The summed E-state index contributed by atoms with van der Waals surface area (Å²) in [5.41, 5.74) is 2.53. The molecule has 21 heavy (non-hydrogen) atoms. The van der Waals surface area contributed by atoms with E-state index in [1.54, 1.807) is 12.1 Å². The number of nitrogens with zero attached hydrogens (tertiary/aromatic N) is 2. The molecule has 0 bridgehead atoms. The summed E-state index contributed by atoms with van der Waals surface area (Å²) in [6, 6.07) is 5.32. The first-order valence-electron chi connectivity index (χ1n) is 6.76. The van der Waals surface area contributed by atoms with Crippen molar-refractivity contribution >= 4 is 68.3 Å². The van der Waals surface area contributed by atoms with Gasteiger partial charge in [0.1, 0.15) is 0 Å². The molecule has 3 rings (SSSR count). The molecule has 1 N–H and O–H groups in total. The van der Waals surface area contributed by atoms with Gasteiger partial charge in [-0.3, -0.25) is 4.90 Å². The summed E-state index contributed by atoms with van der Waals surface area (Å²) in [5.74, 6) is -0.886. The first-order valence-corrected chi connectivity index (χ1v) is 6.76. The summed E-state index contributed by atoms with van der Waals surface area (Å²) in [6.45, 7) is 4.35. The number of carboxylic acids is 1. The quantitative estimate of drug-likeness (QED) is 0.861. The van der Waals surface area contributed by atoms with E-state index >= 15 is 0 Å². The van der Waals surface area contributed by atoms with E-state index in [1.807, 2.05) is 17.7 Å². The Morgan fingerprint density at radius 1 is 1.33 bits per heavy atom. The number of hydrogen-bond acceptors (Lipinski definition) is 3. The number of rotatable bonds is 3. The van der Waals surface area contributed by atoms with Gasteiger partial charge in [0, 0.05) is 43.8 Å². The van der Waals surface area contributed by atoms with Gasteiger partial charge >= 0.3 is 57.4 Å². The molecule has 0 amide bonds. The van der Waals surface area contributed by atoms with Crippen LogP contribution in [0.25, 0.3) is 10.9 Å². The molecule has 0 unspecified atom stereocenters. The van der Waals surface area contributed by atoms with Gasteiger partial charge < -0.3 is 14.4 Å². The average Bonchev–Trinajstić information content (AvgIpc) is 2.76. The molecule has 5 nitrogen and oxygen atoms in total. The number of carboxylic acid groups (broad SMARTS) is 1. The first kappa shape index (κ1) is 17.1. The summed E-state index contributed by atoms with van der Waals surface area (Å²) in [7, 11) is 1.96. The van der Waals surface area contributed by atoms with Gasteiger partial charge in [-0.15, -0.1) is 0 Å². The molecule has 6 heteroatoms. The molecule has 2 heterocycles. The molecule has 1 saturated heterocycles. The van der Waals surface area contributed by atoms with Crippen molar-refractivity contribution in [1.82, 2.24) is 9.47 Å². The zero-order valence-corrected chi connectivity index (χ0v) is 11.5. The number of hydrogen-bond donors (Lipinski definition) is 1. The topological polar surface area (TPSA) is 54.7 Å². The number of fused-ring (bicyclic) bond motifs is 1. The Labute approximate surface area is 166 Å². The van der Waals surface area contributed by atoms with E-state index < -0.39 is 5.97 Å². The van der Waals surface area contributed by atoms with Crippen molar-refractivity contribution < 1.29 is 14.6 Å². The molecule has 1 fully saturated rings. The SMILES string of the molecule is Cn1cc(CN2CCOCC2)c2ccc(C(=O)O)cc21.[KH]. The van der Waals surface area contributed by atoms with E-state index in [1.165, 1.54) is 5.56 Å². The number of benzene rings is 1. The van der Waals surface area contributed by atoms with Gasteiger partial charge in [0.15, 0.2) is 0 Å². The van der Waals surface area contributed by atoms with Gasteiger partial charge in [0.25, 0.3) is 0 Å². The molecule has 1 aliphatic rings. The fourth-order valence-electron chi connectivity index (χ4n) is 2.73. The summed E-state index contributed by atoms with van der Waals surface area (Å²) >= 11 is 0. The van der Waals surface area contributed by atoms with E-state index in [0.29, 0.717) is 5.56 Å². The maximum atomic E-state index is 11.0. The summed E-state index contributed by atoms with van der Waals surface area (Å²) < 4.78 is 7.36. The van der Waals surface area contributed by atoms with Gasteiger partial charge in [-0.05, 0) is 17.7 Å². The molecule has 108 valence electrons. The third kappa shape index (κ3) is 3.76. The third-order valence-electron chi connectivity index (χ3n) is 3.82. The monoisotopic (exact) mass is 314 g/mol. The Kier molecular flexibility index (Phi) is 6.02.